The number of ether oxygens (including phenoxy) is 1. The van der Waals surface area contributed by atoms with E-state index in [4.69, 9.17) is 4.74 Å². The molecule has 0 aliphatic heterocycles. The maximum atomic E-state index is 12.6. The topological polar surface area (TPSA) is 110 Å². The van der Waals surface area contributed by atoms with Gasteiger partial charge in [-0.1, -0.05) is 13.8 Å². The van der Waals surface area contributed by atoms with Gasteiger partial charge in [-0.3, -0.25) is 4.79 Å². The fraction of sp³-hybridized carbons (Fsp3) is 0.421. The van der Waals surface area contributed by atoms with E-state index in [1.165, 1.54) is 17.7 Å². The first-order valence-corrected chi connectivity index (χ1v) is 9.75. The Morgan fingerprint density at radius 3 is 2.68 bits per heavy atom. The molecule has 148 valence electrons. The Bertz CT molecular complexity index is 1040. The molecule has 28 heavy (non-hydrogen) atoms. The SMILES string of the molecule is CC(C)C(NC(=O)OC(C)(C)C)c1nc2cc(-c3ccncn3)sc2c(=O)[nH]1. The van der Waals surface area contributed by atoms with Crippen LogP contribution in [-0.2, 0) is 4.74 Å². The van der Waals surface area contributed by atoms with Crippen molar-refractivity contribution in [1.82, 2.24) is 25.3 Å². The molecule has 0 aliphatic rings. The molecule has 9 heteroatoms. The number of carbonyl (C=O) groups excluding carboxylic acids is 1. The average Bonchev–Trinajstić information content (AvgIpc) is 3.03. The highest BCUT2D eigenvalue weighted by atomic mass is 32.1. The van der Waals surface area contributed by atoms with Crippen molar-refractivity contribution in [2.45, 2.75) is 46.3 Å². The van der Waals surface area contributed by atoms with Crippen molar-refractivity contribution in [1.29, 1.82) is 0 Å². The van der Waals surface area contributed by atoms with Crippen molar-refractivity contribution in [3.63, 3.8) is 0 Å². The molecule has 3 heterocycles. The number of nitrogens with one attached hydrogen (secondary N) is 2. The smallest absolute Gasteiger partial charge is 0.408 e. The normalized spacial score (nSPS) is 12.9. The standard InChI is InChI=1S/C19H23N5O3S/c1-10(2)14(23-18(26)27-19(3,4)5)16-22-12-8-13(11-6-7-20-9-21-11)28-15(12)17(25)24-16/h6-10,14H,1-5H3,(H,23,26)(H,22,24,25). The first-order chi connectivity index (χ1) is 13.1. The summed E-state index contributed by atoms with van der Waals surface area (Å²) in [5.74, 6) is 0.387. The van der Waals surface area contributed by atoms with Gasteiger partial charge < -0.3 is 15.0 Å². The predicted molar refractivity (Wildman–Crippen MR) is 108 cm³/mol. The Morgan fingerprint density at radius 2 is 2.07 bits per heavy atom. The van der Waals surface area contributed by atoms with Gasteiger partial charge in [0.15, 0.2) is 0 Å². The highest BCUT2D eigenvalue weighted by Crippen LogP contribution is 2.30. The van der Waals surface area contributed by atoms with Gasteiger partial charge in [-0.15, -0.1) is 11.3 Å². The Balaban J connectivity index is 1.96. The lowest BCUT2D eigenvalue weighted by molar-refractivity contribution is 0.0486. The van der Waals surface area contributed by atoms with Gasteiger partial charge in [-0.25, -0.2) is 19.7 Å². The van der Waals surface area contributed by atoms with Crippen molar-refractivity contribution in [3.8, 4) is 10.6 Å². The van der Waals surface area contributed by atoms with Gasteiger partial charge in [0.2, 0.25) is 0 Å². The molecular weight excluding hydrogens is 378 g/mol. The third-order valence-corrected chi connectivity index (χ3v) is 5.01. The van der Waals surface area contributed by atoms with E-state index in [0.717, 1.165) is 10.6 Å². The Morgan fingerprint density at radius 1 is 1.32 bits per heavy atom. The summed E-state index contributed by atoms with van der Waals surface area (Å²) in [4.78, 5) is 41.2. The van der Waals surface area contributed by atoms with E-state index in [2.05, 4.69) is 25.3 Å². The summed E-state index contributed by atoms with van der Waals surface area (Å²) in [5.41, 5.74) is 0.429. The lowest BCUT2D eigenvalue weighted by Crippen LogP contribution is -2.38. The molecule has 0 bridgehead atoms. The number of alkyl carbamates (subject to hydrolysis) is 1. The van der Waals surface area contributed by atoms with Crippen LogP contribution in [0.25, 0.3) is 20.8 Å². The third kappa shape index (κ3) is 4.53. The number of aromatic nitrogens is 4. The molecule has 0 aliphatic carbocycles. The van der Waals surface area contributed by atoms with E-state index in [0.29, 0.717) is 16.0 Å². The zero-order valence-electron chi connectivity index (χ0n) is 16.4. The van der Waals surface area contributed by atoms with Crippen LogP contribution < -0.4 is 10.9 Å². The third-order valence-electron chi connectivity index (χ3n) is 3.87. The Kier molecular flexibility index (Phi) is 5.46. The zero-order chi connectivity index (χ0) is 20.5. The predicted octanol–water partition coefficient (Wildman–Crippen LogP) is 3.66. The summed E-state index contributed by atoms with van der Waals surface area (Å²) in [6.07, 6.45) is 2.55. The molecule has 0 fully saturated rings. The lowest BCUT2D eigenvalue weighted by Gasteiger charge is -2.25. The molecule has 0 spiro atoms. The number of thiophene rings is 1. The molecule has 1 amide bonds. The van der Waals surface area contributed by atoms with Crippen molar-refractivity contribution < 1.29 is 9.53 Å². The average molecular weight is 401 g/mol. The van der Waals surface area contributed by atoms with Crippen LogP contribution in [0.15, 0.2) is 29.5 Å². The van der Waals surface area contributed by atoms with E-state index in [1.807, 2.05) is 19.9 Å². The van der Waals surface area contributed by atoms with Gasteiger partial charge in [-0.2, -0.15) is 0 Å². The number of hydrogen-bond donors (Lipinski definition) is 2. The van der Waals surface area contributed by atoms with Gasteiger partial charge in [-0.05, 0) is 38.8 Å². The molecule has 3 rings (SSSR count). The van der Waals surface area contributed by atoms with Crippen molar-refractivity contribution >= 4 is 27.6 Å². The van der Waals surface area contributed by atoms with Gasteiger partial charge >= 0.3 is 6.09 Å². The largest absolute Gasteiger partial charge is 0.444 e. The Hall–Kier alpha value is -2.81. The quantitative estimate of drug-likeness (QED) is 0.690. The molecule has 2 N–H and O–H groups in total. The number of fused-ring (bicyclic) bond motifs is 1. The Labute approximate surface area is 166 Å². The van der Waals surface area contributed by atoms with Crippen LogP contribution in [-0.4, -0.2) is 31.6 Å². The highest BCUT2D eigenvalue weighted by molar-refractivity contribution is 7.22. The van der Waals surface area contributed by atoms with E-state index >= 15 is 0 Å². The van der Waals surface area contributed by atoms with Crippen LogP contribution in [0.5, 0.6) is 0 Å². The summed E-state index contributed by atoms with van der Waals surface area (Å²) in [5, 5.41) is 2.81. The van der Waals surface area contributed by atoms with Gasteiger partial charge in [0.25, 0.3) is 5.56 Å². The van der Waals surface area contributed by atoms with Crippen LogP contribution in [0.2, 0.25) is 0 Å². The summed E-state index contributed by atoms with van der Waals surface area (Å²) in [6.45, 7) is 9.26. The minimum Gasteiger partial charge on any atom is -0.444 e. The van der Waals surface area contributed by atoms with Crippen molar-refractivity contribution in [3.05, 3.63) is 40.8 Å². The molecule has 3 aromatic rings. The van der Waals surface area contributed by atoms with E-state index in [1.54, 1.807) is 33.0 Å². The molecule has 1 atom stereocenters. The summed E-state index contributed by atoms with van der Waals surface area (Å²) in [7, 11) is 0. The zero-order valence-corrected chi connectivity index (χ0v) is 17.3. The molecule has 8 nitrogen and oxygen atoms in total. The minimum absolute atomic E-state index is 0.00640. The molecule has 0 radical (unpaired) electrons. The lowest BCUT2D eigenvalue weighted by atomic mass is 10.0. The molecule has 0 saturated carbocycles. The van der Waals surface area contributed by atoms with Gasteiger partial charge in [0.1, 0.15) is 22.5 Å². The van der Waals surface area contributed by atoms with Crippen LogP contribution >= 0.6 is 11.3 Å². The van der Waals surface area contributed by atoms with E-state index in [9.17, 15) is 9.59 Å². The number of aromatic amines is 1. The molecule has 0 aromatic carbocycles. The number of amides is 1. The number of nitrogens with zero attached hydrogens (tertiary/aromatic N) is 3. The molecular formula is C19H23N5O3S. The monoisotopic (exact) mass is 401 g/mol. The van der Waals surface area contributed by atoms with Gasteiger partial charge in [0, 0.05) is 6.20 Å². The second-order valence-corrected chi connectivity index (χ2v) is 8.79. The van der Waals surface area contributed by atoms with E-state index in [-0.39, 0.29) is 11.5 Å². The van der Waals surface area contributed by atoms with E-state index < -0.39 is 17.7 Å². The summed E-state index contributed by atoms with van der Waals surface area (Å²) in [6, 6.07) is 3.11. The molecule has 3 aromatic heterocycles. The maximum Gasteiger partial charge on any atom is 0.408 e. The highest BCUT2D eigenvalue weighted by Gasteiger charge is 2.25. The van der Waals surface area contributed by atoms with Crippen LogP contribution in [0.1, 0.15) is 46.5 Å². The first kappa shape index (κ1) is 19.9. The van der Waals surface area contributed by atoms with Crippen LogP contribution in [0, 0.1) is 5.92 Å². The van der Waals surface area contributed by atoms with Crippen molar-refractivity contribution in [2.75, 3.05) is 0 Å². The maximum absolute atomic E-state index is 12.6. The fourth-order valence-electron chi connectivity index (χ4n) is 2.65. The van der Waals surface area contributed by atoms with Crippen molar-refractivity contribution in [2.24, 2.45) is 5.92 Å². The minimum atomic E-state index is -0.615. The van der Waals surface area contributed by atoms with Gasteiger partial charge in [0.05, 0.1) is 22.1 Å². The summed E-state index contributed by atoms with van der Waals surface area (Å²) < 4.78 is 5.85. The number of hydrogen-bond acceptors (Lipinski definition) is 7. The van der Waals surface area contributed by atoms with Crippen LogP contribution in [0.3, 0.4) is 0 Å². The first-order valence-electron chi connectivity index (χ1n) is 8.93. The number of carbonyl (C=O) groups is 1. The van der Waals surface area contributed by atoms with Crippen LogP contribution in [0.4, 0.5) is 4.79 Å². The summed E-state index contributed by atoms with van der Waals surface area (Å²) >= 11 is 1.32. The second-order valence-electron chi connectivity index (χ2n) is 7.74. The second kappa shape index (κ2) is 7.67. The molecule has 1 unspecified atom stereocenters. The molecule has 0 saturated heterocycles. The fourth-order valence-corrected chi connectivity index (χ4v) is 3.62. The number of H-pyrrole nitrogens is 1. The number of rotatable bonds is 4.